The van der Waals surface area contributed by atoms with Crippen molar-refractivity contribution in [3.8, 4) is 0 Å². The molecular weight excluding hydrogens is 274 g/mol. The third kappa shape index (κ3) is 3.52. The smallest absolute Gasteiger partial charge is 0.340 e. The second kappa shape index (κ2) is 5.27. The molecule has 0 saturated heterocycles. The maximum absolute atomic E-state index is 12.3. The number of nitrogens with zero attached hydrogens (tertiary/aromatic N) is 2. The van der Waals surface area contributed by atoms with Gasteiger partial charge in [-0.15, -0.1) is 0 Å². The van der Waals surface area contributed by atoms with E-state index in [9.17, 15) is 18.3 Å². The minimum atomic E-state index is -4.04. The highest BCUT2D eigenvalue weighted by atomic mass is 32.2. The maximum atomic E-state index is 12.3. The fourth-order valence-corrected chi connectivity index (χ4v) is 3.22. The van der Waals surface area contributed by atoms with Gasteiger partial charge in [-0.3, -0.25) is 5.10 Å². The predicted octanol–water partition coefficient (Wildman–Crippen LogP) is -0.111. The van der Waals surface area contributed by atoms with Gasteiger partial charge in [0.15, 0.2) is 5.03 Å². The lowest BCUT2D eigenvalue weighted by Gasteiger charge is -2.26. The molecule has 3 N–H and O–H groups in total. The van der Waals surface area contributed by atoms with Crippen molar-refractivity contribution in [3.63, 3.8) is 0 Å². The van der Waals surface area contributed by atoms with E-state index < -0.39 is 32.2 Å². The van der Waals surface area contributed by atoms with Gasteiger partial charge >= 0.3 is 5.97 Å². The number of nitrogens with one attached hydrogen (secondary N) is 1. The highest BCUT2D eigenvalue weighted by Gasteiger charge is 2.33. The van der Waals surface area contributed by atoms with Crippen LogP contribution >= 0.6 is 0 Å². The Balaban J connectivity index is 3.21. The van der Waals surface area contributed by atoms with Crippen molar-refractivity contribution in [1.82, 2.24) is 14.5 Å². The van der Waals surface area contributed by atoms with Gasteiger partial charge < -0.3 is 10.2 Å². The first-order valence-corrected chi connectivity index (χ1v) is 7.03. The van der Waals surface area contributed by atoms with Crippen molar-refractivity contribution in [2.45, 2.75) is 31.4 Å². The third-order valence-electron chi connectivity index (χ3n) is 2.35. The van der Waals surface area contributed by atoms with Crippen LogP contribution in [0.3, 0.4) is 0 Å². The normalized spacial score (nSPS) is 12.9. The molecule has 19 heavy (non-hydrogen) atoms. The number of likely N-dealkylation sites (N-methyl/N-ethyl adjacent to an activating group) is 1. The summed E-state index contributed by atoms with van der Waals surface area (Å²) in [5, 5.41) is 23.8. The summed E-state index contributed by atoms with van der Waals surface area (Å²) in [6.07, 6.45) is 0.938. The lowest BCUT2D eigenvalue weighted by atomic mass is 10.1. The molecule has 0 aromatic carbocycles. The summed E-state index contributed by atoms with van der Waals surface area (Å²) in [6, 6.07) is 0. The fraction of sp³-hybridized carbons (Fsp3) is 0.600. The van der Waals surface area contributed by atoms with Crippen LogP contribution in [-0.2, 0) is 10.0 Å². The second-order valence-corrected chi connectivity index (χ2v) is 6.54. The summed E-state index contributed by atoms with van der Waals surface area (Å²) in [5.41, 5.74) is -1.65. The molecule has 1 aromatic rings. The van der Waals surface area contributed by atoms with E-state index in [1.165, 1.54) is 13.8 Å². The highest BCUT2D eigenvalue weighted by Crippen LogP contribution is 2.19. The number of sulfonamides is 1. The number of aromatic carboxylic acids is 1. The second-order valence-electron chi connectivity index (χ2n) is 4.66. The molecular formula is C10H17N3O5S. The summed E-state index contributed by atoms with van der Waals surface area (Å²) in [7, 11) is -4.04. The van der Waals surface area contributed by atoms with Gasteiger partial charge in [-0.1, -0.05) is 6.92 Å². The molecule has 0 bridgehead atoms. The van der Waals surface area contributed by atoms with Crippen molar-refractivity contribution >= 4 is 16.0 Å². The van der Waals surface area contributed by atoms with Crippen LogP contribution in [0.25, 0.3) is 0 Å². The zero-order valence-corrected chi connectivity index (χ0v) is 11.7. The molecule has 0 radical (unpaired) electrons. The zero-order valence-electron chi connectivity index (χ0n) is 10.9. The summed E-state index contributed by atoms with van der Waals surface area (Å²) in [6.45, 7) is 4.49. The number of aromatic amines is 1. The van der Waals surface area contributed by atoms with Gasteiger partial charge in [0.05, 0.1) is 11.8 Å². The predicted molar refractivity (Wildman–Crippen MR) is 66.3 cm³/mol. The molecule has 0 spiro atoms. The van der Waals surface area contributed by atoms with E-state index in [1.54, 1.807) is 6.92 Å². The first-order valence-electron chi connectivity index (χ1n) is 5.58. The molecule has 0 aliphatic heterocycles. The monoisotopic (exact) mass is 291 g/mol. The number of carboxylic acids is 1. The van der Waals surface area contributed by atoms with Crippen LogP contribution in [0.1, 0.15) is 31.1 Å². The van der Waals surface area contributed by atoms with Crippen molar-refractivity contribution < 1.29 is 23.4 Å². The number of hydrogen-bond acceptors (Lipinski definition) is 5. The van der Waals surface area contributed by atoms with E-state index in [4.69, 9.17) is 5.11 Å². The number of carboxylic acid groups (broad SMARTS) is 1. The zero-order chi connectivity index (χ0) is 14.8. The number of rotatable bonds is 6. The summed E-state index contributed by atoms with van der Waals surface area (Å²) in [5.74, 6) is -1.38. The van der Waals surface area contributed by atoms with Crippen LogP contribution in [-0.4, -0.2) is 57.8 Å². The van der Waals surface area contributed by atoms with Gasteiger partial charge in [-0.25, -0.2) is 13.2 Å². The Morgan fingerprint density at radius 3 is 2.53 bits per heavy atom. The Bertz CT molecular complexity index is 558. The molecule has 0 aliphatic rings. The average molecular weight is 291 g/mol. The summed E-state index contributed by atoms with van der Waals surface area (Å²) < 4.78 is 25.6. The van der Waals surface area contributed by atoms with Gasteiger partial charge in [-0.2, -0.15) is 9.40 Å². The Morgan fingerprint density at radius 1 is 1.53 bits per heavy atom. The Labute approximate surface area is 111 Å². The molecule has 9 heteroatoms. The molecule has 0 aliphatic carbocycles. The van der Waals surface area contributed by atoms with Crippen LogP contribution in [0.2, 0.25) is 0 Å². The molecule has 1 heterocycles. The SMILES string of the molecule is CCN(CC(C)(C)O)S(=O)(=O)c1[nH]ncc1C(=O)O. The number of H-pyrrole nitrogens is 1. The molecule has 1 rings (SSSR count). The van der Waals surface area contributed by atoms with Gasteiger partial charge in [-0.05, 0) is 13.8 Å². The van der Waals surface area contributed by atoms with Crippen molar-refractivity contribution in [2.24, 2.45) is 0 Å². The Hall–Kier alpha value is -1.45. The molecule has 0 unspecified atom stereocenters. The minimum Gasteiger partial charge on any atom is -0.478 e. The van der Waals surface area contributed by atoms with Crippen LogP contribution in [0.15, 0.2) is 11.2 Å². The van der Waals surface area contributed by atoms with E-state index >= 15 is 0 Å². The van der Waals surface area contributed by atoms with E-state index in [0.29, 0.717) is 0 Å². The van der Waals surface area contributed by atoms with E-state index in [1.807, 2.05) is 0 Å². The Morgan fingerprint density at radius 2 is 2.11 bits per heavy atom. The van der Waals surface area contributed by atoms with Crippen LogP contribution in [0.4, 0.5) is 0 Å². The number of carbonyl (C=O) groups is 1. The van der Waals surface area contributed by atoms with Crippen molar-refractivity contribution in [2.75, 3.05) is 13.1 Å². The molecule has 0 saturated carbocycles. The Kier molecular flexibility index (Phi) is 4.33. The van der Waals surface area contributed by atoms with Crippen LogP contribution < -0.4 is 0 Å². The van der Waals surface area contributed by atoms with Gasteiger partial charge in [0.2, 0.25) is 0 Å². The minimum absolute atomic E-state index is 0.102. The van der Waals surface area contributed by atoms with Crippen molar-refractivity contribution in [1.29, 1.82) is 0 Å². The van der Waals surface area contributed by atoms with Crippen LogP contribution in [0, 0.1) is 0 Å². The summed E-state index contributed by atoms with van der Waals surface area (Å²) >= 11 is 0. The molecule has 0 atom stereocenters. The molecule has 1 aromatic heterocycles. The third-order valence-corrected chi connectivity index (χ3v) is 4.24. The first kappa shape index (κ1) is 15.6. The highest BCUT2D eigenvalue weighted by molar-refractivity contribution is 7.89. The summed E-state index contributed by atoms with van der Waals surface area (Å²) in [4.78, 5) is 10.9. The van der Waals surface area contributed by atoms with Gasteiger partial charge in [0, 0.05) is 13.1 Å². The van der Waals surface area contributed by atoms with Gasteiger partial charge in [0.25, 0.3) is 10.0 Å². The van der Waals surface area contributed by atoms with E-state index in [0.717, 1.165) is 10.5 Å². The molecule has 8 nitrogen and oxygen atoms in total. The molecule has 0 amide bonds. The molecule has 108 valence electrons. The van der Waals surface area contributed by atoms with E-state index in [-0.39, 0.29) is 13.1 Å². The van der Waals surface area contributed by atoms with E-state index in [2.05, 4.69) is 10.2 Å². The van der Waals surface area contributed by atoms with Gasteiger partial charge in [0.1, 0.15) is 5.56 Å². The number of hydrogen-bond donors (Lipinski definition) is 3. The fourth-order valence-electron chi connectivity index (χ4n) is 1.55. The maximum Gasteiger partial charge on any atom is 0.340 e. The largest absolute Gasteiger partial charge is 0.478 e. The lowest BCUT2D eigenvalue weighted by Crippen LogP contribution is -2.42. The number of aliphatic hydroxyl groups is 1. The number of aromatic nitrogens is 2. The standard InChI is InChI=1S/C10H17N3O5S/c1-4-13(6-10(2,3)16)19(17,18)8-7(9(14)15)5-11-12-8/h5,16H,4,6H2,1-3H3,(H,11,12)(H,14,15). The average Bonchev–Trinajstić information content (AvgIpc) is 2.73. The quantitative estimate of drug-likeness (QED) is 0.672. The topological polar surface area (TPSA) is 124 Å². The lowest BCUT2D eigenvalue weighted by molar-refractivity contribution is 0.0600. The van der Waals surface area contributed by atoms with Crippen molar-refractivity contribution in [3.05, 3.63) is 11.8 Å². The van der Waals surface area contributed by atoms with Crippen LogP contribution in [0.5, 0.6) is 0 Å². The first-order chi connectivity index (χ1) is 8.59. The molecule has 0 fully saturated rings.